The fraction of sp³-hybridized carbons (Fsp3) is 0.429. The molecule has 21 heavy (non-hydrogen) atoms. The van der Waals surface area contributed by atoms with Gasteiger partial charge in [0, 0.05) is 17.5 Å². The molecule has 0 radical (unpaired) electrons. The van der Waals surface area contributed by atoms with Crippen LogP contribution >= 0.6 is 23.4 Å². The van der Waals surface area contributed by atoms with E-state index in [9.17, 15) is 4.79 Å². The Balaban J connectivity index is 2.37. The molecular formula is C14H19ClN4OS. The van der Waals surface area contributed by atoms with Crippen LogP contribution in [0.4, 0.5) is 0 Å². The van der Waals surface area contributed by atoms with Crippen molar-refractivity contribution in [2.75, 3.05) is 0 Å². The Labute approximate surface area is 132 Å². The maximum absolute atomic E-state index is 11.7. The number of hydrogen-bond acceptors (Lipinski definition) is 4. The Morgan fingerprint density at radius 1 is 1.52 bits per heavy atom. The Kier molecular flexibility index (Phi) is 5.50. The highest BCUT2D eigenvalue weighted by molar-refractivity contribution is 7.99. The molecule has 3 N–H and O–H groups in total. The third kappa shape index (κ3) is 3.90. The Morgan fingerprint density at radius 3 is 2.95 bits per heavy atom. The highest BCUT2D eigenvalue weighted by atomic mass is 35.5. The third-order valence-electron chi connectivity index (χ3n) is 2.95. The largest absolute Gasteiger partial charge is 0.343 e. The molecule has 1 aromatic carbocycles. The molecule has 0 bridgehead atoms. The van der Waals surface area contributed by atoms with Crippen molar-refractivity contribution in [3.63, 3.8) is 0 Å². The second kappa shape index (κ2) is 7.15. The molecule has 1 heterocycles. The van der Waals surface area contributed by atoms with Gasteiger partial charge in [0.2, 0.25) is 0 Å². The highest BCUT2D eigenvalue weighted by Gasteiger charge is 2.15. The van der Waals surface area contributed by atoms with Gasteiger partial charge in [0.25, 0.3) is 0 Å². The first kappa shape index (κ1) is 16.1. The van der Waals surface area contributed by atoms with Crippen LogP contribution in [0.2, 0.25) is 5.02 Å². The van der Waals surface area contributed by atoms with Crippen molar-refractivity contribution in [3.8, 4) is 0 Å². The van der Waals surface area contributed by atoms with Crippen LogP contribution < -0.4 is 11.4 Å². The average Bonchev–Trinajstić information content (AvgIpc) is 2.75. The number of aromatic nitrogens is 3. The molecule has 0 aliphatic rings. The molecule has 0 spiro atoms. The van der Waals surface area contributed by atoms with Crippen LogP contribution in [0, 0.1) is 0 Å². The van der Waals surface area contributed by atoms with Crippen LogP contribution in [0.1, 0.15) is 25.8 Å². The summed E-state index contributed by atoms with van der Waals surface area (Å²) in [4.78, 5) is 12.7. The minimum absolute atomic E-state index is 0.0415. The van der Waals surface area contributed by atoms with Gasteiger partial charge in [0.05, 0.1) is 5.02 Å². The Bertz CT molecular complexity index is 665. The summed E-state index contributed by atoms with van der Waals surface area (Å²) in [6.07, 6.45) is 1.59. The number of hydrogen-bond donors (Lipinski definition) is 2. The Hall–Kier alpha value is -1.24. The first-order chi connectivity index (χ1) is 10.0. The fourth-order valence-electron chi connectivity index (χ4n) is 2.07. The SMILES string of the molecule is CCCn1c(Sc2c(Cl)cccc2CC(C)N)n[nH]c1=O. The van der Waals surface area contributed by atoms with Crippen molar-refractivity contribution in [1.29, 1.82) is 0 Å². The van der Waals surface area contributed by atoms with Crippen LogP contribution in [0.3, 0.4) is 0 Å². The zero-order valence-corrected chi connectivity index (χ0v) is 13.7. The first-order valence-electron chi connectivity index (χ1n) is 6.89. The van der Waals surface area contributed by atoms with Crippen molar-refractivity contribution < 1.29 is 0 Å². The molecule has 0 saturated carbocycles. The van der Waals surface area contributed by atoms with E-state index in [1.54, 1.807) is 4.57 Å². The predicted octanol–water partition coefficient (Wildman–Crippen LogP) is 2.68. The topological polar surface area (TPSA) is 76.7 Å². The molecule has 1 unspecified atom stereocenters. The van der Waals surface area contributed by atoms with Crippen molar-refractivity contribution in [2.45, 2.75) is 49.3 Å². The normalized spacial score (nSPS) is 12.6. The molecule has 5 nitrogen and oxygen atoms in total. The van der Waals surface area contributed by atoms with Crippen LogP contribution in [0.25, 0.3) is 0 Å². The molecule has 0 saturated heterocycles. The van der Waals surface area contributed by atoms with Crippen molar-refractivity contribution in [2.24, 2.45) is 5.73 Å². The molecule has 2 rings (SSSR count). The minimum Gasteiger partial charge on any atom is -0.328 e. The van der Waals surface area contributed by atoms with Gasteiger partial charge in [-0.05, 0) is 43.2 Å². The molecule has 114 valence electrons. The number of halogens is 1. The van der Waals surface area contributed by atoms with E-state index in [0.717, 1.165) is 23.3 Å². The fourth-order valence-corrected chi connectivity index (χ4v) is 3.38. The summed E-state index contributed by atoms with van der Waals surface area (Å²) in [5, 5.41) is 7.86. The molecule has 1 aromatic heterocycles. The Morgan fingerprint density at radius 2 is 2.29 bits per heavy atom. The summed E-state index contributed by atoms with van der Waals surface area (Å²) in [6.45, 7) is 4.60. The van der Waals surface area contributed by atoms with Gasteiger partial charge in [0.1, 0.15) is 0 Å². The van der Waals surface area contributed by atoms with Gasteiger partial charge in [-0.3, -0.25) is 4.57 Å². The summed E-state index contributed by atoms with van der Waals surface area (Å²) in [7, 11) is 0. The van der Waals surface area contributed by atoms with E-state index in [2.05, 4.69) is 10.2 Å². The van der Waals surface area contributed by atoms with Crippen molar-refractivity contribution >= 4 is 23.4 Å². The minimum atomic E-state index is -0.194. The summed E-state index contributed by atoms with van der Waals surface area (Å²) in [5.74, 6) is 0. The average molecular weight is 327 g/mol. The number of nitrogens with two attached hydrogens (primary N) is 1. The van der Waals surface area contributed by atoms with Gasteiger partial charge in [-0.2, -0.15) is 0 Å². The van der Waals surface area contributed by atoms with Gasteiger partial charge in [0.15, 0.2) is 5.16 Å². The van der Waals surface area contributed by atoms with Gasteiger partial charge in [-0.1, -0.05) is 30.7 Å². The number of aromatic amines is 1. The number of benzene rings is 1. The van der Waals surface area contributed by atoms with Gasteiger partial charge >= 0.3 is 5.69 Å². The monoisotopic (exact) mass is 326 g/mol. The van der Waals surface area contributed by atoms with Crippen LogP contribution in [-0.4, -0.2) is 20.8 Å². The van der Waals surface area contributed by atoms with Crippen LogP contribution in [0.5, 0.6) is 0 Å². The molecule has 2 aromatic rings. The second-order valence-corrected chi connectivity index (χ2v) is 6.36. The summed E-state index contributed by atoms with van der Waals surface area (Å²) in [5.41, 5.74) is 6.77. The lowest BCUT2D eigenvalue weighted by molar-refractivity contribution is 0.603. The lowest BCUT2D eigenvalue weighted by Crippen LogP contribution is -2.18. The van der Waals surface area contributed by atoms with Crippen molar-refractivity contribution in [3.05, 3.63) is 39.3 Å². The maximum Gasteiger partial charge on any atom is 0.343 e. The summed E-state index contributed by atoms with van der Waals surface area (Å²) in [6, 6.07) is 5.80. The van der Waals surface area contributed by atoms with E-state index in [1.165, 1.54) is 11.8 Å². The van der Waals surface area contributed by atoms with E-state index in [0.29, 0.717) is 16.7 Å². The predicted molar refractivity (Wildman–Crippen MR) is 86.1 cm³/mol. The molecule has 0 aliphatic heterocycles. The number of nitrogens with one attached hydrogen (secondary N) is 1. The van der Waals surface area contributed by atoms with Crippen LogP contribution in [-0.2, 0) is 13.0 Å². The summed E-state index contributed by atoms with van der Waals surface area (Å²) < 4.78 is 1.63. The zero-order chi connectivity index (χ0) is 15.4. The van der Waals surface area contributed by atoms with Crippen molar-refractivity contribution in [1.82, 2.24) is 14.8 Å². The molecular weight excluding hydrogens is 308 g/mol. The first-order valence-corrected chi connectivity index (χ1v) is 8.08. The lowest BCUT2D eigenvalue weighted by atomic mass is 10.1. The lowest BCUT2D eigenvalue weighted by Gasteiger charge is -2.12. The van der Waals surface area contributed by atoms with E-state index in [4.69, 9.17) is 17.3 Å². The highest BCUT2D eigenvalue weighted by Crippen LogP contribution is 2.35. The maximum atomic E-state index is 11.7. The van der Waals surface area contributed by atoms with Gasteiger partial charge < -0.3 is 5.73 Å². The second-order valence-electron chi connectivity index (χ2n) is 4.97. The number of H-pyrrole nitrogens is 1. The standard InChI is InChI=1S/C14H19ClN4OS/c1-3-7-19-13(20)17-18-14(19)21-12-10(8-9(2)16)5-4-6-11(12)15/h4-6,9H,3,7-8,16H2,1-2H3,(H,17,20). The molecule has 0 fully saturated rings. The smallest absolute Gasteiger partial charge is 0.328 e. The number of rotatable bonds is 6. The molecule has 0 amide bonds. The van der Waals surface area contributed by atoms with E-state index in [1.807, 2.05) is 32.0 Å². The van der Waals surface area contributed by atoms with E-state index < -0.39 is 0 Å². The number of nitrogens with zero attached hydrogens (tertiary/aromatic N) is 2. The third-order valence-corrected chi connectivity index (χ3v) is 4.56. The van der Waals surface area contributed by atoms with Crippen LogP contribution in [0.15, 0.2) is 33.0 Å². The van der Waals surface area contributed by atoms with Gasteiger partial charge in [-0.15, -0.1) is 5.10 Å². The summed E-state index contributed by atoms with van der Waals surface area (Å²) >= 11 is 7.72. The van der Waals surface area contributed by atoms with E-state index >= 15 is 0 Å². The molecule has 0 aliphatic carbocycles. The van der Waals surface area contributed by atoms with E-state index in [-0.39, 0.29) is 11.7 Å². The zero-order valence-electron chi connectivity index (χ0n) is 12.1. The molecule has 7 heteroatoms. The molecule has 1 atom stereocenters. The quantitative estimate of drug-likeness (QED) is 0.855. The van der Waals surface area contributed by atoms with Gasteiger partial charge in [-0.25, -0.2) is 9.89 Å².